The zero-order valence-corrected chi connectivity index (χ0v) is 30.3. The molecule has 0 saturated carbocycles. The molecule has 0 unspecified atom stereocenters. The summed E-state index contributed by atoms with van der Waals surface area (Å²) in [5.41, 5.74) is 4.69. The molecule has 10 nitrogen and oxygen atoms in total. The summed E-state index contributed by atoms with van der Waals surface area (Å²) in [6.07, 6.45) is 1.41. The molecule has 0 radical (unpaired) electrons. The zero-order valence-electron chi connectivity index (χ0n) is 28.8. The molecule has 0 bridgehead atoms. The number of hydrogen-bond donors (Lipinski definition) is 2. The van der Waals surface area contributed by atoms with Crippen LogP contribution in [0.15, 0.2) is 60.8 Å². The van der Waals surface area contributed by atoms with E-state index in [4.69, 9.17) is 27.9 Å². The SMILES string of the molecule is CCN(CC)C(=O)c1ccc(Oc2nc(Nc3ccc(N4CCN(C(C)C)CC4)c(Cl)c3)ncc2C(=O)Nc2c(C)cccc2C)c(Cl)c1. The van der Waals surface area contributed by atoms with Gasteiger partial charge < -0.3 is 25.2 Å². The highest BCUT2D eigenvalue weighted by Gasteiger charge is 2.23. The summed E-state index contributed by atoms with van der Waals surface area (Å²) in [4.78, 5) is 42.1. The van der Waals surface area contributed by atoms with Crippen LogP contribution in [0.2, 0.25) is 10.0 Å². The van der Waals surface area contributed by atoms with Gasteiger partial charge in [0.2, 0.25) is 11.8 Å². The maximum atomic E-state index is 13.7. The predicted octanol–water partition coefficient (Wildman–Crippen LogP) is 8.20. The summed E-state index contributed by atoms with van der Waals surface area (Å²) in [5.74, 6) is -0.181. The van der Waals surface area contributed by atoms with Crippen LogP contribution >= 0.6 is 23.2 Å². The monoisotopic (exact) mass is 703 g/mol. The number of ether oxygens (including phenoxy) is 1. The highest BCUT2D eigenvalue weighted by Crippen LogP contribution is 2.34. The molecule has 0 aliphatic carbocycles. The first-order chi connectivity index (χ1) is 23.5. The van der Waals surface area contributed by atoms with Gasteiger partial charge in [-0.15, -0.1) is 0 Å². The fourth-order valence-electron chi connectivity index (χ4n) is 5.82. The Kier molecular flexibility index (Phi) is 11.6. The van der Waals surface area contributed by atoms with Gasteiger partial charge in [-0.25, -0.2) is 4.98 Å². The van der Waals surface area contributed by atoms with E-state index in [0.29, 0.717) is 41.1 Å². The second-order valence-electron chi connectivity index (χ2n) is 12.3. The van der Waals surface area contributed by atoms with Gasteiger partial charge in [0.05, 0.1) is 15.7 Å². The number of piperazine rings is 1. The van der Waals surface area contributed by atoms with Crippen molar-refractivity contribution < 1.29 is 14.3 Å². The molecule has 12 heteroatoms. The third-order valence-corrected chi connectivity index (χ3v) is 9.34. The number of amides is 2. The van der Waals surface area contributed by atoms with E-state index in [1.165, 1.54) is 6.20 Å². The average Bonchev–Trinajstić information content (AvgIpc) is 3.08. The van der Waals surface area contributed by atoms with E-state index in [1.54, 1.807) is 23.1 Å². The molecule has 5 rings (SSSR count). The lowest BCUT2D eigenvalue weighted by atomic mass is 10.1. The van der Waals surface area contributed by atoms with Crippen molar-refractivity contribution in [3.8, 4) is 11.6 Å². The summed E-state index contributed by atoms with van der Waals surface area (Å²) < 4.78 is 6.19. The Bertz CT molecular complexity index is 1800. The van der Waals surface area contributed by atoms with Gasteiger partial charge in [0.25, 0.3) is 11.8 Å². The standard InChI is InChI=1S/C37H43Cl2N7O3/c1-7-44(8-2)36(48)26-12-15-32(30(39)20-26)49-35-28(34(47)42-33-24(5)10-9-11-25(33)6)22-40-37(43-35)41-27-13-14-31(29(38)21-27)46-18-16-45(17-19-46)23(3)4/h9-15,20-23H,7-8,16-19H2,1-6H3,(H,42,47)(H,40,41,43). The summed E-state index contributed by atoms with van der Waals surface area (Å²) in [7, 11) is 0. The topological polar surface area (TPSA) is 103 Å². The van der Waals surface area contributed by atoms with Crippen LogP contribution in [-0.2, 0) is 0 Å². The van der Waals surface area contributed by atoms with Crippen molar-refractivity contribution in [2.24, 2.45) is 0 Å². The molecule has 1 aromatic heterocycles. The van der Waals surface area contributed by atoms with Crippen LogP contribution in [-0.4, -0.2) is 76.9 Å². The van der Waals surface area contributed by atoms with E-state index in [0.717, 1.165) is 43.0 Å². The van der Waals surface area contributed by atoms with Crippen LogP contribution in [0.4, 0.5) is 23.0 Å². The lowest BCUT2D eigenvalue weighted by Gasteiger charge is -2.38. The molecule has 49 heavy (non-hydrogen) atoms. The molecular formula is C37H43Cl2N7O3. The average molecular weight is 705 g/mol. The van der Waals surface area contributed by atoms with E-state index in [1.807, 2.05) is 64.1 Å². The number of hydrogen-bond acceptors (Lipinski definition) is 8. The van der Waals surface area contributed by atoms with Gasteiger partial charge in [-0.3, -0.25) is 14.5 Å². The first kappa shape index (κ1) is 35.9. The third-order valence-electron chi connectivity index (χ3n) is 8.74. The fourth-order valence-corrected chi connectivity index (χ4v) is 6.34. The first-order valence-electron chi connectivity index (χ1n) is 16.6. The predicted molar refractivity (Wildman–Crippen MR) is 198 cm³/mol. The lowest BCUT2D eigenvalue weighted by molar-refractivity contribution is 0.0772. The van der Waals surface area contributed by atoms with Crippen LogP contribution < -0.4 is 20.3 Å². The largest absolute Gasteiger partial charge is 0.436 e. The van der Waals surface area contributed by atoms with Crippen molar-refractivity contribution >= 4 is 58.0 Å². The lowest BCUT2D eigenvalue weighted by Crippen LogP contribution is -2.49. The highest BCUT2D eigenvalue weighted by molar-refractivity contribution is 6.33. The van der Waals surface area contributed by atoms with Gasteiger partial charge in [0.1, 0.15) is 11.3 Å². The summed E-state index contributed by atoms with van der Waals surface area (Å²) in [5, 5.41) is 6.98. The number of carbonyl (C=O) groups excluding carboxylic acids is 2. The van der Waals surface area contributed by atoms with Crippen molar-refractivity contribution in [3.63, 3.8) is 0 Å². The van der Waals surface area contributed by atoms with Crippen molar-refractivity contribution in [1.29, 1.82) is 0 Å². The number of nitrogens with zero attached hydrogens (tertiary/aromatic N) is 5. The Balaban J connectivity index is 1.42. The van der Waals surface area contributed by atoms with Gasteiger partial charge >= 0.3 is 0 Å². The van der Waals surface area contributed by atoms with Crippen LogP contribution in [0.1, 0.15) is 59.5 Å². The molecule has 1 saturated heterocycles. The number of aromatic nitrogens is 2. The normalized spacial score (nSPS) is 13.4. The fraction of sp³-hybridized carbons (Fsp3) is 0.351. The highest BCUT2D eigenvalue weighted by atomic mass is 35.5. The second kappa shape index (κ2) is 15.9. The summed E-state index contributed by atoms with van der Waals surface area (Å²) in [6.45, 7) is 17.0. The number of anilines is 4. The van der Waals surface area contributed by atoms with Gasteiger partial charge in [-0.2, -0.15) is 4.98 Å². The molecule has 1 fully saturated rings. The first-order valence-corrected chi connectivity index (χ1v) is 17.3. The van der Waals surface area contributed by atoms with Crippen molar-refractivity contribution in [2.75, 3.05) is 54.8 Å². The minimum Gasteiger partial charge on any atom is -0.436 e. The quantitative estimate of drug-likeness (QED) is 0.161. The Hall–Kier alpha value is -4.38. The van der Waals surface area contributed by atoms with Gasteiger partial charge in [-0.1, -0.05) is 41.4 Å². The smallest absolute Gasteiger partial charge is 0.262 e. The number of benzene rings is 3. The molecule has 2 amide bonds. The van der Waals surface area contributed by atoms with E-state index >= 15 is 0 Å². The number of carbonyl (C=O) groups is 2. The maximum Gasteiger partial charge on any atom is 0.262 e. The zero-order chi connectivity index (χ0) is 35.2. The molecule has 258 valence electrons. The molecule has 4 aromatic rings. The van der Waals surface area contributed by atoms with Crippen LogP contribution in [0.3, 0.4) is 0 Å². The van der Waals surface area contributed by atoms with Gasteiger partial charge in [-0.05, 0) is 89.1 Å². The van der Waals surface area contributed by atoms with Crippen molar-refractivity contribution in [1.82, 2.24) is 19.8 Å². The van der Waals surface area contributed by atoms with Gasteiger partial charge in [0.15, 0.2) is 0 Å². The van der Waals surface area contributed by atoms with Crippen LogP contribution in [0.5, 0.6) is 11.6 Å². The molecule has 2 N–H and O–H groups in total. The van der Waals surface area contributed by atoms with E-state index in [-0.39, 0.29) is 34.1 Å². The van der Waals surface area contributed by atoms with E-state index < -0.39 is 5.91 Å². The summed E-state index contributed by atoms with van der Waals surface area (Å²) in [6, 6.07) is 16.8. The molecule has 0 atom stereocenters. The maximum absolute atomic E-state index is 13.7. The minimum absolute atomic E-state index is 0.0169. The number of nitrogens with one attached hydrogen (secondary N) is 2. The van der Waals surface area contributed by atoms with Crippen LogP contribution in [0, 0.1) is 13.8 Å². The number of rotatable bonds is 11. The van der Waals surface area contributed by atoms with Crippen molar-refractivity contribution in [3.05, 3.63) is 93.1 Å². The number of aryl methyl sites for hydroxylation is 2. The molecule has 0 spiro atoms. The van der Waals surface area contributed by atoms with E-state index in [9.17, 15) is 9.59 Å². The van der Waals surface area contributed by atoms with Crippen molar-refractivity contribution in [2.45, 2.75) is 47.6 Å². The molecule has 3 aromatic carbocycles. The Labute approximate surface area is 298 Å². The molecule has 1 aliphatic rings. The summed E-state index contributed by atoms with van der Waals surface area (Å²) >= 11 is 13.4. The van der Waals surface area contributed by atoms with E-state index in [2.05, 4.69) is 44.2 Å². The van der Waals surface area contributed by atoms with Gasteiger partial charge in [0, 0.05) is 68.4 Å². The Morgan fingerprint density at radius 1 is 0.939 bits per heavy atom. The van der Waals surface area contributed by atoms with Crippen LogP contribution in [0.25, 0.3) is 0 Å². The number of para-hydroxylation sites is 1. The minimum atomic E-state index is -0.451. The Morgan fingerprint density at radius 3 is 2.24 bits per heavy atom. The second-order valence-corrected chi connectivity index (χ2v) is 13.1. The molecular weight excluding hydrogens is 661 g/mol. The molecule has 1 aliphatic heterocycles. The molecule has 2 heterocycles. The third kappa shape index (κ3) is 8.44. The Morgan fingerprint density at radius 2 is 1.63 bits per heavy atom. The number of halogens is 2.